The second kappa shape index (κ2) is 2.21. The van der Waals surface area contributed by atoms with E-state index in [1.54, 1.807) is 12.4 Å². The fourth-order valence-electron chi connectivity index (χ4n) is 1.03. The van der Waals surface area contributed by atoms with Gasteiger partial charge in [-0.25, -0.2) is 0 Å². The summed E-state index contributed by atoms with van der Waals surface area (Å²) in [4.78, 5) is 0. The molecule has 0 saturated carbocycles. The summed E-state index contributed by atoms with van der Waals surface area (Å²) < 4.78 is 3.06. The molecule has 1 heterocycles. The first-order valence-corrected chi connectivity index (χ1v) is 3.26. The zero-order valence-corrected chi connectivity index (χ0v) is 6.28. The number of nitrogens with zero attached hydrogens (tertiary/aromatic N) is 2. The van der Waals surface area contributed by atoms with Crippen LogP contribution in [0, 0.1) is 0 Å². The highest BCUT2D eigenvalue weighted by Gasteiger charge is 2.16. The minimum Gasteiger partial charge on any atom is -0.269 e. The molecule has 0 aliphatic heterocycles. The Labute approximate surface area is 60.0 Å². The van der Waals surface area contributed by atoms with Crippen molar-refractivity contribution in [2.24, 2.45) is 0 Å². The van der Waals surface area contributed by atoms with Gasteiger partial charge in [0.15, 0.2) is 12.4 Å². The molecule has 1 rings (SSSR count). The van der Waals surface area contributed by atoms with E-state index in [1.807, 2.05) is 13.8 Å². The van der Waals surface area contributed by atoms with Crippen molar-refractivity contribution in [3.05, 3.63) is 18.2 Å². The fourth-order valence-corrected chi connectivity index (χ4v) is 1.03. The van der Waals surface area contributed by atoms with Crippen molar-refractivity contribution in [3.63, 3.8) is 0 Å². The van der Waals surface area contributed by atoms with Crippen molar-refractivity contribution in [2.45, 2.75) is 19.8 Å². The van der Waals surface area contributed by atoms with Crippen LogP contribution in [0.2, 0.25) is 0 Å². The Bertz CT molecular complexity index is 206. The molecule has 0 aliphatic carbocycles. The number of rotatable bonds is 1. The van der Waals surface area contributed by atoms with Crippen LogP contribution in [0.5, 0.6) is 0 Å². The summed E-state index contributed by atoms with van der Waals surface area (Å²) in [5.41, 5.74) is 0. The monoisotopic (exact) mass is 141 g/mol. The third-order valence-corrected chi connectivity index (χ3v) is 1.43. The highest BCUT2D eigenvalue weighted by atomic mass is 15.4. The van der Waals surface area contributed by atoms with Gasteiger partial charge in [-0.3, -0.25) is 11.7 Å². The zero-order chi connectivity index (χ0) is 7.72. The van der Waals surface area contributed by atoms with Gasteiger partial charge >= 0.3 is 5.82 Å². The standard InChI is InChI=1S/C6H13N4/c1-5(2)6-9(7)3-4-10(6)8/h3-5H,7-8H2,1-2H3/q+1. The van der Waals surface area contributed by atoms with Crippen molar-refractivity contribution >= 4 is 0 Å². The first kappa shape index (κ1) is 6.92. The minimum absolute atomic E-state index is 0.352. The summed E-state index contributed by atoms with van der Waals surface area (Å²) in [5, 5.41) is 0. The largest absolute Gasteiger partial charge is 0.305 e. The molecule has 1 aromatic heterocycles. The molecule has 0 amide bonds. The van der Waals surface area contributed by atoms with Crippen LogP contribution in [-0.4, -0.2) is 4.68 Å². The Kier molecular flexibility index (Phi) is 1.53. The van der Waals surface area contributed by atoms with Gasteiger partial charge in [-0.2, -0.15) is 0 Å². The lowest BCUT2D eigenvalue weighted by Crippen LogP contribution is -2.48. The highest BCUT2D eigenvalue weighted by Crippen LogP contribution is 2.05. The highest BCUT2D eigenvalue weighted by molar-refractivity contribution is 4.88. The molecule has 1 aromatic rings. The van der Waals surface area contributed by atoms with Crippen LogP contribution in [-0.2, 0) is 0 Å². The van der Waals surface area contributed by atoms with Crippen molar-refractivity contribution < 1.29 is 4.68 Å². The van der Waals surface area contributed by atoms with E-state index in [0.29, 0.717) is 5.92 Å². The van der Waals surface area contributed by atoms with E-state index in [4.69, 9.17) is 11.7 Å². The van der Waals surface area contributed by atoms with Gasteiger partial charge in [-0.05, 0) is 0 Å². The fraction of sp³-hybridized carbons (Fsp3) is 0.500. The Morgan fingerprint density at radius 3 is 2.40 bits per heavy atom. The summed E-state index contributed by atoms with van der Waals surface area (Å²) in [6.07, 6.45) is 3.46. The molecule has 0 unspecified atom stereocenters. The molecule has 10 heavy (non-hydrogen) atoms. The Hall–Kier alpha value is -1.19. The molecule has 0 bridgehead atoms. The third kappa shape index (κ3) is 0.920. The van der Waals surface area contributed by atoms with Gasteiger partial charge in [0, 0.05) is 0 Å². The predicted molar refractivity (Wildman–Crippen MR) is 39.0 cm³/mol. The maximum atomic E-state index is 5.56. The number of aromatic nitrogens is 2. The van der Waals surface area contributed by atoms with Crippen molar-refractivity contribution in [3.8, 4) is 0 Å². The lowest BCUT2D eigenvalue weighted by Gasteiger charge is -1.98. The second-order valence-corrected chi connectivity index (χ2v) is 2.63. The van der Waals surface area contributed by atoms with Crippen molar-refractivity contribution in [2.75, 3.05) is 11.7 Å². The zero-order valence-electron chi connectivity index (χ0n) is 6.28. The van der Waals surface area contributed by atoms with E-state index in [2.05, 4.69) is 0 Å². The van der Waals surface area contributed by atoms with Gasteiger partial charge in [0.1, 0.15) is 0 Å². The molecule has 0 atom stereocenters. The van der Waals surface area contributed by atoms with Crippen LogP contribution in [0.3, 0.4) is 0 Å². The summed E-state index contributed by atoms with van der Waals surface area (Å²) in [5.74, 6) is 12.4. The van der Waals surface area contributed by atoms with E-state index in [-0.39, 0.29) is 0 Å². The van der Waals surface area contributed by atoms with Crippen LogP contribution in [0.4, 0.5) is 0 Å². The van der Waals surface area contributed by atoms with Gasteiger partial charge in [0.2, 0.25) is 0 Å². The Morgan fingerprint density at radius 1 is 1.60 bits per heavy atom. The smallest absolute Gasteiger partial charge is 0.269 e. The maximum Gasteiger partial charge on any atom is 0.305 e. The van der Waals surface area contributed by atoms with Crippen molar-refractivity contribution in [1.29, 1.82) is 0 Å². The Morgan fingerprint density at radius 2 is 2.20 bits per heavy atom. The first-order valence-electron chi connectivity index (χ1n) is 3.26. The third-order valence-electron chi connectivity index (χ3n) is 1.43. The summed E-state index contributed by atoms with van der Waals surface area (Å²) in [6.45, 7) is 4.09. The summed E-state index contributed by atoms with van der Waals surface area (Å²) in [6, 6.07) is 0. The molecular formula is C6H13N4+. The predicted octanol–water partition coefficient (Wildman–Crippen LogP) is -0.673. The molecule has 0 aliphatic rings. The maximum absolute atomic E-state index is 5.56. The average Bonchev–Trinajstić information content (AvgIpc) is 2.11. The molecule has 4 nitrogen and oxygen atoms in total. The van der Waals surface area contributed by atoms with Crippen LogP contribution in [0.25, 0.3) is 0 Å². The molecule has 0 saturated heterocycles. The Balaban J connectivity index is 3.10. The van der Waals surface area contributed by atoms with E-state index >= 15 is 0 Å². The lowest BCUT2D eigenvalue weighted by atomic mass is 10.2. The second-order valence-electron chi connectivity index (χ2n) is 2.63. The molecule has 0 aromatic carbocycles. The molecule has 4 heteroatoms. The lowest BCUT2D eigenvalue weighted by molar-refractivity contribution is -0.647. The topological polar surface area (TPSA) is 60.8 Å². The van der Waals surface area contributed by atoms with Gasteiger partial charge < -0.3 is 0 Å². The van der Waals surface area contributed by atoms with Crippen LogP contribution in [0.1, 0.15) is 25.6 Å². The summed E-state index contributed by atoms with van der Waals surface area (Å²) in [7, 11) is 0. The van der Waals surface area contributed by atoms with Crippen molar-refractivity contribution in [1.82, 2.24) is 4.68 Å². The molecule has 4 N–H and O–H groups in total. The molecule has 0 radical (unpaired) electrons. The van der Waals surface area contributed by atoms with Crippen LogP contribution < -0.4 is 16.4 Å². The van der Waals surface area contributed by atoms with Gasteiger partial charge in [-0.15, -0.1) is 9.35 Å². The number of hydrogen-bond donors (Lipinski definition) is 2. The quantitative estimate of drug-likeness (QED) is 0.402. The van der Waals surface area contributed by atoms with Gasteiger partial charge in [0.05, 0.1) is 5.92 Å². The van der Waals surface area contributed by atoms with Gasteiger partial charge in [0.25, 0.3) is 0 Å². The number of hydrogen-bond acceptors (Lipinski definition) is 2. The number of nitrogens with two attached hydrogens (primary N) is 2. The van der Waals surface area contributed by atoms with Crippen LogP contribution in [0.15, 0.2) is 12.4 Å². The molecular weight excluding hydrogens is 128 g/mol. The molecule has 0 fully saturated rings. The summed E-state index contributed by atoms with van der Waals surface area (Å²) >= 11 is 0. The molecule has 0 spiro atoms. The SMILES string of the molecule is CC(C)c1n(N)cc[n+]1N. The van der Waals surface area contributed by atoms with E-state index < -0.39 is 0 Å². The first-order chi connectivity index (χ1) is 4.63. The van der Waals surface area contributed by atoms with E-state index in [0.717, 1.165) is 5.82 Å². The average molecular weight is 141 g/mol. The van der Waals surface area contributed by atoms with Crippen LogP contribution >= 0.6 is 0 Å². The number of imidazole rings is 1. The van der Waals surface area contributed by atoms with Gasteiger partial charge in [-0.1, -0.05) is 13.8 Å². The number of nitrogen functional groups attached to an aromatic ring is 2. The van der Waals surface area contributed by atoms with E-state index in [1.165, 1.54) is 9.35 Å². The molecule has 56 valence electrons. The normalized spacial score (nSPS) is 10.7. The van der Waals surface area contributed by atoms with E-state index in [9.17, 15) is 0 Å². The minimum atomic E-state index is 0.352.